The third-order valence-electron chi connectivity index (χ3n) is 1.76. The van der Waals surface area contributed by atoms with Gasteiger partial charge in [0, 0.05) is 5.92 Å². The molecular weight excluding hydrogens is 110 g/mol. The molecule has 1 unspecified atom stereocenters. The monoisotopic (exact) mass is 120 g/mol. The van der Waals surface area contributed by atoms with Crippen LogP contribution in [0.15, 0.2) is 0 Å². The highest BCUT2D eigenvalue weighted by Gasteiger charge is 2.33. The van der Waals surface area contributed by atoms with Crippen LogP contribution in [-0.2, 0) is 0 Å². The van der Waals surface area contributed by atoms with Crippen molar-refractivity contribution in [3.05, 3.63) is 0 Å². The first-order valence-electron chi connectivity index (χ1n) is 3.00. The van der Waals surface area contributed by atoms with Crippen molar-refractivity contribution in [1.29, 1.82) is 0 Å². The van der Waals surface area contributed by atoms with Crippen LogP contribution in [0.3, 0.4) is 0 Å². The molecule has 1 rings (SSSR count). The van der Waals surface area contributed by atoms with Gasteiger partial charge in [0.05, 0.1) is 0 Å². The minimum atomic E-state index is -2.09. The van der Waals surface area contributed by atoms with E-state index in [9.17, 15) is 8.78 Å². The second-order valence-electron chi connectivity index (χ2n) is 2.53. The van der Waals surface area contributed by atoms with Gasteiger partial charge in [-0.1, -0.05) is 6.92 Å². The first kappa shape index (κ1) is 5.99. The molecular formula is C6H10F2. The highest BCUT2D eigenvalue weighted by Crippen LogP contribution is 2.39. The molecule has 0 nitrogen and oxygen atoms in total. The van der Waals surface area contributed by atoms with Crippen LogP contribution in [0, 0.1) is 11.8 Å². The molecule has 8 heavy (non-hydrogen) atoms. The van der Waals surface area contributed by atoms with Crippen molar-refractivity contribution in [2.75, 3.05) is 0 Å². The van der Waals surface area contributed by atoms with E-state index in [1.807, 2.05) is 0 Å². The summed E-state index contributed by atoms with van der Waals surface area (Å²) in [7, 11) is 0. The quantitative estimate of drug-likeness (QED) is 0.524. The molecule has 48 valence electrons. The summed E-state index contributed by atoms with van der Waals surface area (Å²) < 4.78 is 23.4. The van der Waals surface area contributed by atoms with Gasteiger partial charge < -0.3 is 0 Å². The van der Waals surface area contributed by atoms with Crippen LogP contribution in [-0.4, -0.2) is 6.43 Å². The number of hydrogen-bond donors (Lipinski definition) is 0. The number of hydrogen-bond acceptors (Lipinski definition) is 0. The van der Waals surface area contributed by atoms with Gasteiger partial charge in [0.2, 0.25) is 6.43 Å². The molecule has 0 aromatic carbocycles. The van der Waals surface area contributed by atoms with Gasteiger partial charge in [-0.05, 0) is 18.8 Å². The Labute approximate surface area is 47.9 Å². The fraction of sp³-hybridized carbons (Fsp3) is 1.00. The van der Waals surface area contributed by atoms with Crippen molar-refractivity contribution in [3.63, 3.8) is 0 Å². The highest BCUT2D eigenvalue weighted by molar-refractivity contribution is 4.79. The first-order chi connectivity index (χ1) is 3.72. The van der Waals surface area contributed by atoms with Crippen molar-refractivity contribution in [2.45, 2.75) is 26.2 Å². The smallest absolute Gasteiger partial charge is 0.210 e. The summed E-state index contributed by atoms with van der Waals surface area (Å²) in [6, 6.07) is 0. The summed E-state index contributed by atoms with van der Waals surface area (Å²) >= 11 is 0. The summed E-state index contributed by atoms with van der Waals surface area (Å²) in [5, 5.41) is 0. The Hall–Kier alpha value is -0.140. The van der Waals surface area contributed by atoms with Gasteiger partial charge >= 0.3 is 0 Å². The Kier molecular flexibility index (Phi) is 1.49. The van der Waals surface area contributed by atoms with Gasteiger partial charge in [0.1, 0.15) is 0 Å². The van der Waals surface area contributed by atoms with E-state index in [0.29, 0.717) is 5.92 Å². The Morgan fingerprint density at radius 2 is 1.88 bits per heavy atom. The molecule has 0 bridgehead atoms. The molecule has 1 atom stereocenters. The zero-order valence-electron chi connectivity index (χ0n) is 4.90. The van der Waals surface area contributed by atoms with E-state index in [1.54, 1.807) is 6.92 Å². The molecule has 2 heteroatoms. The second kappa shape index (κ2) is 2.00. The Bertz CT molecular complexity index is 74.6. The third-order valence-corrected chi connectivity index (χ3v) is 1.76. The largest absolute Gasteiger partial charge is 0.241 e. The normalized spacial score (nSPS) is 24.0. The molecule has 1 aliphatic rings. The third kappa shape index (κ3) is 1.17. The Morgan fingerprint density at radius 1 is 1.38 bits per heavy atom. The Morgan fingerprint density at radius 3 is 2.00 bits per heavy atom. The van der Waals surface area contributed by atoms with Crippen molar-refractivity contribution >= 4 is 0 Å². The van der Waals surface area contributed by atoms with Gasteiger partial charge in [0.15, 0.2) is 0 Å². The van der Waals surface area contributed by atoms with Gasteiger partial charge in [-0.2, -0.15) is 0 Å². The fourth-order valence-electron chi connectivity index (χ4n) is 0.828. The van der Waals surface area contributed by atoms with E-state index < -0.39 is 6.43 Å². The number of rotatable bonds is 2. The summed E-state index contributed by atoms with van der Waals surface area (Å²) in [5.41, 5.74) is 0. The van der Waals surface area contributed by atoms with Crippen LogP contribution >= 0.6 is 0 Å². The van der Waals surface area contributed by atoms with E-state index >= 15 is 0 Å². The van der Waals surface area contributed by atoms with Crippen molar-refractivity contribution in [3.8, 4) is 0 Å². The lowest BCUT2D eigenvalue weighted by Gasteiger charge is -2.05. The van der Waals surface area contributed by atoms with Crippen LogP contribution in [0.25, 0.3) is 0 Å². The summed E-state index contributed by atoms with van der Waals surface area (Å²) in [5.74, 6) is -0.00926. The maximum atomic E-state index is 11.7. The zero-order chi connectivity index (χ0) is 6.15. The molecule has 0 heterocycles. The first-order valence-corrected chi connectivity index (χ1v) is 3.00. The number of alkyl halides is 2. The predicted octanol–water partition coefficient (Wildman–Crippen LogP) is 2.30. The van der Waals surface area contributed by atoms with Crippen LogP contribution in [0.5, 0.6) is 0 Å². The average molecular weight is 120 g/mol. The van der Waals surface area contributed by atoms with Crippen LogP contribution in [0.1, 0.15) is 19.8 Å². The summed E-state index contributed by atoms with van der Waals surface area (Å²) in [4.78, 5) is 0. The fourth-order valence-corrected chi connectivity index (χ4v) is 0.828. The van der Waals surface area contributed by atoms with E-state index in [4.69, 9.17) is 0 Å². The summed E-state index contributed by atoms with van der Waals surface area (Å²) in [6.07, 6.45) is -0.0562. The maximum absolute atomic E-state index is 11.7. The molecule has 1 aliphatic carbocycles. The van der Waals surface area contributed by atoms with Gasteiger partial charge in [-0.15, -0.1) is 0 Å². The van der Waals surface area contributed by atoms with Crippen molar-refractivity contribution in [1.82, 2.24) is 0 Å². The van der Waals surface area contributed by atoms with Gasteiger partial charge in [0.25, 0.3) is 0 Å². The lowest BCUT2D eigenvalue weighted by Crippen LogP contribution is -2.07. The van der Waals surface area contributed by atoms with Gasteiger partial charge in [-0.3, -0.25) is 0 Å². The molecule has 0 aliphatic heterocycles. The van der Waals surface area contributed by atoms with Crippen molar-refractivity contribution in [2.24, 2.45) is 11.8 Å². The van der Waals surface area contributed by atoms with Gasteiger partial charge in [-0.25, -0.2) is 8.78 Å². The minimum Gasteiger partial charge on any atom is -0.210 e. The summed E-state index contributed by atoms with van der Waals surface area (Å²) in [6.45, 7) is 1.63. The molecule has 0 amide bonds. The lowest BCUT2D eigenvalue weighted by atomic mass is 10.1. The van der Waals surface area contributed by atoms with E-state index in [0.717, 1.165) is 12.8 Å². The molecule has 0 aromatic heterocycles. The van der Waals surface area contributed by atoms with Crippen molar-refractivity contribution < 1.29 is 8.78 Å². The molecule has 0 aromatic rings. The topological polar surface area (TPSA) is 0 Å². The maximum Gasteiger partial charge on any atom is 0.241 e. The van der Waals surface area contributed by atoms with E-state index in [-0.39, 0.29) is 5.92 Å². The second-order valence-corrected chi connectivity index (χ2v) is 2.53. The molecule has 1 saturated carbocycles. The molecule has 0 saturated heterocycles. The SMILES string of the molecule is CC(C(F)F)C1CC1. The molecule has 0 spiro atoms. The number of halogens is 2. The van der Waals surface area contributed by atoms with E-state index in [2.05, 4.69) is 0 Å². The van der Waals surface area contributed by atoms with Crippen LogP contribution in [0.4, 0.5) is 8.78 Å². The standard InChI is InChI=1S/C6H10F2/c1-4(6(7)8)5-2-3-5/h4-6H,2-3H2,1H3. The molecule has 0 N–H and O–H groups in total. The average Bonchev–Trinajstić information content (AvgIpc) is 2.43. The lowest BCUT2D eigenvalue weighted by molar-refractivity contribution is 0.0752. The molecule has 0 radical (unpaired) electrons. The van der Waals surface area contributed by atoms with Crippen LogP contribution < -0.4 is 0 Å². The van der Waals surface area contributed by atoms with Crippen LogP contribution in [0.2, 0.25) is 0 Å². The Balaban J connectivity index is 2.22. The predicted molar refractivity (Wildman–Crippen MR) is 27.9 cm³/mol. The van der Waals surface area contributed by atoms with E-state index in [1.165, 1.54) is 0 Å². The molecule has 1 fully saturated rings. The minimum absolute atomic E-state index is 0.343. The zero-order valence-corrected chi connectivity index (χ0v) is 4.90. The highest BCUT2D eigenvalue weighted by atomic mass is 19.3.